The number of ether oxygens (including phenoxy) is 1. The summed E-state index contributed by atoms with van der Waals surface area (Å²) in [5.74, 6) is -0.914. The number of rotatable bonds is 5. The SMILES string of the molecule is C[C@H](NC(=O)COC(=O)c1cccn1C)c1ccccc1Cl. The number of esters is 1. The Balaban J connectivity index is 1.87. The second kappa shape index (κ2) is 7.13. The number of nitrogens with zero attached hydrogens (tertiary/aromatic N) is 1. The molecule has 0 spiro atoms. The predicted molar refractivity (Wildman–Crippen MR) is 83.7 cm³/mol. The summed E-state index contributed by atoms with van der Waals surface area (Å²) < 4.78 is 6.62. The van der Waals surface area contributed by atoms with Crippen LogP contribution in [-0.2, 0) is 16.6 Å². The first-order chi connectivity index (χ1) is 10.5. The van der Waals surface area contributed by atoms with Crippen LogP contribution in [0.3, 0.4) is 0 Å². The third-order valence-electron chi connectivity index (χ3n) is 3.24. The van der Waals surface area contributed by atoms with Crippen molar-refractivity contribution in [3.05, 3.63) is 58.9 Å². The van der Waals surface area contributed by atoms with Gasteiger partial charge < -0.3 is 14.6 Å². The molecule has 0 aliphatic rings. The Bertz CT molecular complexity index is 682. The Hall–Kier alpha value is -2.27. The molecule has 1 atom stereocenters. The van der Waals surface area contributed by atoms with E-state index in [-0.39, 0.29) is 18.6 Å². The van der Waals surface area contributed by atoms with E-state index in [2.05, 4.69) is 5.32 Å². The molecule has 5 nitrogen and oxygen atoms in total. The topological polar surface area (TPSA) is 60.3 Å². The maximum Gasteiger partial charge on any atom is 0.355 e. The lowest BCUT2D eigenvalue weighted by molar-refractivity contribution is -0.124. The van der Waals surface area contributed by atoms with Gasteiger partial charge in [0.1, 0.15) is 5.69 Å². The van der Waals surface area contributed by atoms with Crippen molar-refractivity contribution in [3.63, 3.8) is 0 Å². The van der Waals surface area contributed by atoms with Crippen LogP contribution in [-0.4, -0.2) is 23.1 Å². The van der Waals surface area contributed by atoms with E-state index in [1.54, 1.807) is 36.0 Å². The van der Waals surface area contributed by atoms with Gasteiger partial charge in [0, 0.05) is 18.3 Å². The van der Waals surface area contributed by atoms with Gasteiger partial charge in [-0.05, 0) is 30.7 Å². The summed E-state index contributed by atoms with van der Waals surface area (Å²) >= 11 is 6.08. The van der Waals surface area contributed by atoms with E-state index in [1.807, 2.05) is 25.1 Å². The largest absolute Gasteiger partial charge is 0.451 e. The van der Waals surface area contributed by atoms with Crippen LogP contribution >= 0.6 is 11.6 Å². The van der Waals surface area contributed by atoms with E-state index < -0.39 is 5.97 Å². The summed E-state index contributed by atoms with van der Waals surface area (Å²) in [5.41, 5.74) is 1.21. The number of aromatic nitrogens is 1. The van der Waals surface area contributed by atoms with E-state index in [4.69, 9.17) is 16.3 Å². The molecule has 1 aromatic carbocycles. The van der Waals surface area contributed by atoms with Gasteiger partial charge in [0.05, 0.1) is 6.04 Å². The lowest BCUT2D eigenvalue weighted by atomic mass is 10.1. The number of amides is 1. The van der Waals surface area contributed by atoms with Crippen molar-refractivity contribution in [1.29, 1.82) is 0 Å². The third kappa shape index (κ3) is 3.89. The van der Waals surface area contributed by atoms with Gasteiger partial charge in [-0.25, -0.2) is 4.79 Å². The Kier molecular flexibility index (Phi) is 5.22. The summed E-state index contributed by atoms with van der Waals surface area (Å²) in [5, 5.41) is 3.32. The summed E-state index contributed by atoms with van der Waals surface area (Å²) in [6.07, 6.45) is 1.73. The maximum atomic E-state index is 11.9. The molecule has 22 heavy (non-hydrogen) atoms. The van der Waals surface area contributed by atoms with Gasteiger partial charge in [0.2, 0.25) is 0 Å². The van der Waals surface area contributed by atoms with Crippen molar-refractivity contribution in [2.45, 2.75) is 13.0 Å². The number of carbonyl (C=O) groups is 2. The zero-order chi connectivity index (χ0) is 16.1. The maximum absolute atomic E-state index is 11.9. The number of benzene rings is 1. The molecule has 0 radical (unpaired) electrons. The molecule has 0 fully saturated rings. The van der Waals surface area contributed by atoms with E-state index in [1.165, 1.54) is 0 Å². The number of halogens is 1. The molecule has 0 bridgehead atoms. The second-order valence-electron chi connectivity index (χ2n) is 4.89. The number of hydrogen-bond acceptors (Lipinski definition) is 3. The van der Waals surface area contributed by atoms with Gasteiger partial charge >= 0.3 is 5.97 Å². The van der Waals surface area contributed by atoms with Crippen molar-refractivity contribution < 1.29 is 14.3 Å². The fourth-order valence-corrected chi connectivity index (χ4v) is 2.36. The first kappa shape index (κ1) is 16.1. The van der Waals surface area contributed by atoms with Gasteiger partial charge in [0.25, 0.3) is 5.91 Å². The quantitative estimate of drug-likeness (QED) is 0.862. The number of nitrogens with one attached hydrogen (secondary N) is 1. The van der Waals surface area contributed by atoms with Crippen LogP contribution < -0.4 is 5.32 Å². The van der Waals surface area contributed by atoms with E-state index in [0.717, 1.165) is 5.56 Å². The van der Waals surface area contributed by atoms with Crippen LogP contribution in [0.1, 0.15) is 29.0 Å². The van der Waals surface area contributed by atoms with Gasteiger partial charge in [-0.2, -0.15) is 0 Å². The summed E-state index contributed by atoms with van der Waals surface area (Å²) in [4.78, 5) is 23.7. The molecule has 1 amide bonds. The van der Waals surface area contributed by atoms with Crippen molar-refractivity contribution in [2.24, 2.45) is 7.05 Å². The third-order valence-corrected chi connectivity index (χ3v) is 3.58. The molecule has 1 heterocycles. The van der Waals surface area contributed by atoms with Crippen molar-refractivity contribution in [3.8, 4) is 0 Å². The lowest BCUT2D eigenvalue weighted by Gasteiger charge is -2.15. The highest BCUT2D eigenvalue weighted by atomic mass is 35.5. The molecule has 2 aromatic rings. The number of aryl methyl sites for hydroxylation is 1. The van der Waals surface area contributed by atoms with Crippen LogP contribution in [0.2, 0.25) is 5.02 Å². The molecule has 0 aliphatic carbocycles. The molecule has 6 heteroatoms. The van der Waals surface area contributed by atoms with Crippen LogP contribution in [0.25, 0.3) is 0 Å². The molecule has 0 saturated carbocycles. The van der Waals surface area contributed by atoms with Gasteiger partial charge in [-0.15, -0.1) is 0 Å². The number of hydrogen-bond donors (Lipinski definition) is 1. The van der Waals surface area contributed by atoms with Crippen LogP contribution in [0.5, 0.6) is 0 Å². The second-order valence-corrected chi connectivity index (χ2v) is 5.30. The highest BCUT2D eigenvalue weighted by Gasteiger charge is 2.15. The van der Waals surface area contributed by atoms with Gasteiger partial charge in [-0.3, -0.25) is 4.79 Å². The molecular formula is C16H17ClN2O3. The van der Waals surface area contributed by atoms with Crippen LogP contribution in [0.4, 0.5) is 0 Å². The van der Waals surface area contributed by atoms with Crippen LogP contribution in [0.15, 0.2) is 42.6 Å². The zero-order valence-corrected chi connectivity index (χ0v) is 13.1. The fourth-order valence-electron chi connectivity index (χ4n) is 2.07. The summed E-state index contributed by atoms with van der Waals surface area (Å²) in [6.45, 7) is 1.48. The first-order valence-corrected chi connectivity index (χ1v) is 7.19. The Morgan fingerprint density at radius 2 is 2.00 bits per heavy atom. The predicted octanol–water partition coefficient (Wildman–Crippen LogP) is 2.71. The fraction of sp³-hybridized carbons (Fsp3) is 0.250. The molecular weight excluding hydrogens is 304 g/mol. The standard InChI is InChI=1S/C16H17ClN2O3/c1-11(12-6-3-4-7-13(12)17)18-15(20)10-22-16(21)14-8-5-9-19(14)2/h3-9,11H,10H2,1-2H3,(H,18,20)/t11-/m0/s1. The normalized spacial score (nSPS) is 11.8. The Morgan fingerprint density at radius 1 is 1.27 bits per heavy atom. The van der Waals surface area contributed by atoms with Crippen molar-refractivity contribution >= 4 is 23.5 Å². The highest BCUT2D eigenvalue weighted by Crippen LogP contribution is 2.21. The molecule has 0 saturated heterocycles. The Labute approximate surface area is 133 Å². The smallest absolute Gasteiger partial charge is 0.355 e. The average molecular weight is 321 g/mol. The van der Waals surface area contributed by atoms with E-state index >= 15 is 0 Å². The molecule has 0 unspecified atom stereocenters. The molecule has 0 aliphatic heterocycles. The molecule has 116 valence electrons. The Morgan fingerprint density at radius 3 is 2.64 bits per heavy atom. The molecule has 1 N–H and O–H groups in total. The van der Waals surface area contributed by atoms with Crippen molar-refractivity contribution in [1.82, 2.24) is 9.88 Å². The highest BCUT2D eigenvalue weighted by molar-refractivity contribution is 6.31. The van der Waals surface area contributed by atoms with E-state index in [0.29, 0.717) is 10.7 Å². The van der Waals surface area contributed by atoms with Gasteiger partial charge in [0.15, 0.2) is 6.61 Å². The molecule has 2 rings (SSSR count). The minimum atomic E-state index is -0.534. The monoisotopic (exact) mass is 320 g/mol. The minimum absolute atomic E-state index is 0.269. The average Bonchev–Trinajstić information content (AvgIpc) is 2.91. The first-order valence-electron chi connectivity index (χ1n) is 6.81. The zero-order valence-electron chi connectivity index (χ0n) is 12.4. The summed E-state index contributed by atoms with van der Waals surface area (Å²) in [6, 6.07) is 10.4. The summed E-state index contributed by atoms with van der Waals surface area (Å²) in [7, 11) is 1.73. The van der Waals surface area contributed by atoms with Crippen molar-refractivity contribution in [2.75, 3.05) is 6.61 Å². The van der Waals surface area contributed by atoms with Crippen LogP contribution in [0, 0.1) is 0 Å². The minimum Gasteiger partial charge on any atom is -0.451 e. The number of carbonyl (C=O) groups excluding carboxylic acids is 2. The van der Waals surface area contributed by atoms with Gasteiger partial charge in [-0.1, -0.05) is 29.8 Å². The molecule has 1 aromatic heterocycles. The lowest BCUT2D eigenvalue weighted by Crippen LogP contribution is -2.31. The van der Waals surface area contributed by atoms with E-state index in [9.17, 15) is 9.59 Å².